The lowest BCUT2D eigenvalue weighted by atomic mass is 10.2. The van der Waals surface area contributed by atoms with Crippen LogP contribution in [0.25, 0.3) is 0 Å². The van der Waals surface area contributed by atoms with Crippen LogP contribution in [0.5, 0.6) is 5.75 Å². The van der Waals surface area contributed by atoms with E-state index in [0.717, 1.165) is 16.1 Å². The van der Waals surface area contributed by atoms with Crippen molar-refractivity contribution < 1.29 is 22.3 Å². The summed E-state index contributed by atoms with van der Waals surface area (Å²) in [5.74, 6) is -0.448. The van der Waals surface area contributed by atoms with Gasteiger partial charge in [0.15, 0.2) is 6.61 Å². The number of aryl methyl sites for hydroxylation is 1. The lowest BCUT2D eigenvalue weighted by molar-refractivity contribution is -0.118. The van der Waals surface area contributed by atoms with E-state index in [-0.39, 0.29) is 24.6 Å². The first-order valence-electron chi connectivity index (χ1n) is 9.63. The van der Waals surface area contributed by atoms with E-state index < -0.39 is 15.8 Å². The third-order valence-corrected chi connectivity index (χ3v) is 6.00. The van der Waals surface area contributed by atoms with Crippen LogP contribution in [-0.2, 0) is 21.4 Å². The van der Waals surface area contributed by atoms with Gasteiger partial charge in [0, 0.05) is 16.3 Å². The minimum absolute atomic E-state index is 0.144. The number of nitrogens with one attached hydrogen (secondary N) is 1. The van der Waals surface area contributed by atoms with Gasteiger partial charge < -0.3 is 10.1 Å². The quantitative estimate of drug-likeness (QED) is 0.508. The molecule has 0 atom stereocenters. The predicted molar refractivity (Wildman–Crippen MR) is 124 cm³/mol. The molecule has 1 N–H and O–H groups in total. The summed E-state index contributed by atoms with van der Waals surface area (Å²) in [6, 6.07) is 17.3. The number of anilines is 2. The Morgan fingerprint density at radius 2 is 1.78 bits per heavy atom. The summed E-state index contributed by atoms with van der Waals surface area (Å²) in [5.41, 5.74) is 2.07. The predicted octanol–water partition coefficient (Wildman–Crippen LogP) is 4.77. The second-order valence-electron chi connectivity index (χ2n) is 7.15. The normalized spacial score (nSPS) is 11.1. The molecule has 9 heteroatoms. The van der Waals surface area contributed by atoms with Gasteiger partial charge in [-0.15, -0.1) is 0 Å². The van der Waals surface area contributed by atoms with Crippen LogP contribution in [0.4, 0.5) is 15.8 Å². The molecule has 0 aromatic heterocycles. The highest BCUT2D eigenvalue weighted by atomic mass is 35.5. The number of benzene rings is 3. The number of sulfonamides is 1. The molecule has 0 heterocycles. The summed E-state index contributed by atoms with van der Waals surface area (Å²) in [5, 5.41) is 3.32. The van der Waals surface area contributed by atoms with Crippen LogP contribution in [0, 0.1) is 12.7 Å². The van der Waals surface area contributed by atoms with Crippen molar-refractivity contribution in [2.45, 2.75) is 13.5 Å². The van der Waals surface area contributed by atoms with Crippen molar-refractivity contribution in [3.8, 4) is 5.75 Å². The molecule has 32 heavy (non-hydrogen) atoms. The van der Waals surface area contributed by atoms with Crippen molar-refractivity contribution in [2.24, 2.45) is 0 Å². The molecule has 0 spiro atoms. The Morgan fingerprint density at radius 3 is 2.41 bits per heavy atom. The minimum Gasteiger partial charge on any atom is -0.484 e. The number of hydrogen-bond donors (Lipinski definition) is 1. The van der Waals surface area contributed by atoms with Crippen molar-refractivity contribution in [1.82, 2.24) is 0 Å². The topological polar surface area (TPSA) is 75.7 Å². The van der Waals surface area contributed by atoms with Gasteiger partial charge in [0.1, 0.15) is 11.6 Å². The lowest BCUT2D eigenvalue weighted by Crippen LogP contribution is -2.29. The molecule has 0 aliphatic rings. The molecule has 0 aliphatic heterocycles. The first-order chi connectivity index (χ1) is 15.1. The van der Waals surface area contributed by atoms with Gasteiger partial charge in [-0.3, -0.25) is 9.10 Å². The molecule has 0 radical (unpaired) electrons. The molecule has 3 aromatic carbocycles. The third-order valence-electron chi connectivity index (χ3n) is 4.63. The van der Waals surface area contributed by atoms with E-state index in [1.54, 1.807) is 54.6 Å². The van der Waals surface area contributed by atoms with Crippen LogP contribution in [0.15, 0.2) is 66.7 Å². The Kier molecular flexibility index (Phi) is 7.37. The number of carbonyl (C=O) groups is 1. The van der Waals surface area contributed by atoms with E-state index in [0.29, 0.717) is 22.1 Å². The molecule has 0 unspecified atom stereocenters. The maximum Gasteiger partial charge on any atom is 0.262 e. The van der Waals surface area contributed by atoms with Crippen molar-refractivity contribution in [1.29, 1.82) is 0 Å². The Balaban J connectivity index is 1.66. The van der Waals surface area contributed by atoms with Gasteiger partial charge in [-0.05, 0) is 61.0 Å². The second-order valence-corrected chi connectivity index (χ2v) is 9.49. The lowest BCUT2D eigenvalue weighted by Gasteiger charge is -2.23. The fourth-order valence-electron chi connectivity index (χ4n) is 2.99. The Morgan fingerprint density at radius 1 is 1.09 bits per heavy atom. The molecule has 3 aromatic rings. The fourth-order valence-corrected chi connectivity index (χ4v) is 4.10. The highest BCUT2D eigenvalue weighted by molar-refractivity contribution is 7.92. The molecule has 1 amide bonds. The van der Waals surface area contributed by atoms with Crippen molar-refractivity contribution in [2.75, 3.05) is 22.5 Å². The fraction of sp³-hybridized carbons (Fsp3) is 0.174. The van der Waals surface area contributed by atoms with E-state index >= 15 is 0 Å². The van der Waals surface area contributed by atoms with Gasteiger partial charge in [-0.25, -0.2) is 12.8 Å². The Labute approximate surface area is 191 Å². The summed E-state index contributed by atoms with van der Waals surface area (Å²) in [7, 11) is -3.66. The zero-order valence-electron chi connectivity index (χ0n) is 17.5. The summed E-state index contributed by atoms with van der Waals surface area (Å²) in [4.78, 5) is 12.2. The van der Waals surface area contributed by atoms with Crippen LogP contribution in [-0.4, -0.2) is 27.2 Å². The number of nitrogens with zero attached hydrogens (tertiary/aromatic N) is 1. The largest absolute Gasteiger partial charge is 0.484 e. The second kappa shape index (κ2) is 10.0. The third kappa shape index (κ3) is 6.21. The van der Waals surface area contributed by atoms with Gasteiger partial charge in [0.05, 0.1) is 18.5 Å². The minimum atomic E-state index is -3.66. The molecule has 0 bridgehead atoms. The summed E-state index contributed by atoms with van der Waals surface area (Å²) in [6.07, 6.45) is 1.06. The van der Waals surface area contributed by atoms with E-state index in [2.05, 4.69) is 5.32 Å². The Hall–Kier alpha value is -3.10. The summed E-state index contributed by atoms with van der Waals surface area (Å²) in [6.45, 7) is 1.46. The molecule has 6 nitrogen and oxygen atoms in total. The average molecular weight is 477 g/mol. The number of halogens is 2. The molecular formula is C23H22ClFN2O4S. The van der Waals surface area contributed by atoms with Crippen LogP contribution in [0.1, 0.15) is 11.1 Å². The molecule has 0 aliphatic carbocycles. The molecule has 0 saturated carbocycles. The van der Waals surface area contributed by atoms with E-state index in [1.807, 2.05) is 6.92 Å². The SMILES string of the molecule is Cc1cc(Cl)ccc1NC(=O)COc1ccc(N(Cc2ccccc2F)S(C)(=O)=O)cc1. The summed E-state index contributed by atoms with van der Waals surface area (Å²) < 4.78 is 45.2. The highest BCUT2D eigenvalue weighted by Gasteiger charge is 2.19. The maximum absolute atomic E-state index is 14.0. The molecular weight excluding hydrogens is 455 g/mol. The van der Waals surface area contributed by atoms with Crippen LogP contribution in [0.2, 0.25) is 5.02 Å². The first kappa shape index (κ1) is 23.6. The van der Waals surface area contributed by atoms with Crippen molar-refractivity contribution >= 4 is 38.9 Å². The number of rotatable bonds is 8. The van der Waals surface area contributed by atoms with Gasteiger partial charge in [0.25, 0.3) is 5.91 Å². The number of carbonyl (C=O) groups excluding carboxylic acids is 1. The van der Waals surface area contributed by atoms with Gasteiger partial charge >= 0.3 is 0 Å². The van der Waals surface area contributed by atoms with Crippen LogP contribution < -0.4 is 14.4 Å². The van der Waals surface area contributed by atoms with Crippen molar-refractivity contribution in [3.05, 3.63) is 88.7 Å². The zero-order valence-corrected chi connectivity index (χ0v) is 19.1. The van der Waals surface area contributed by atoms with Crippen molar-refractivity contribution in [3.63, 3.8) is 0 Å². The summed E-state index contributed by atoms with van der Waals surface area (Å²) >= 11 is 5.91. The van der Waals surface area contributed by atoms with E-state index in [9.17, 15) is 17.6 Å². The molecule has 0 fully saturated rings. The van der Waals surface area contributed by atoms with Crippen LogP contribution >= 0.6 is 11.6 Å². The average Bonchev–Trinajstić information content (AvgIpc) is 2.73. The number of amides is 1. The van der Waals surface area contributed by atoms with Crippen LogP contribution in [0.3, 0.4) is 0 Å². The number of ether oxygens (including phenoxy) is 1. The molecule has 3 rings (SSSR count). The smallest absolute Gasteiger partial charge is 0.262 e. The van der Waals surface area contributed by atoms with Gasteiger partial charge in [0.2, 0.25) is 10.0 Å². The van der Waals surface area contributed by atoms with Gasteiger partial charge in [-0.2, -0.15) is 0 Å². The first-order valence-corrected chi connectivity index (χ1v) is 11.9. The maximum atomic E-state index is 14.0. The Bertz CT molecular complexity index is 1220. The number of hydrogen-bond acceptors (Lipinski definition) is 4. The zero-order chi connectivity index (χ0) is 23.3. The monoisotopic (exact) mass is 476 g/mol. The van der Waals surface area contributed by atoms with Gasteiger partial charge in [-0.1, -0.05) is 29.8 Å². The molecule has 168 valence electrons. The standard InChI is InChI=1S/C23H22ClFN2O4S/c1-16-13-18(24)7-12-22(16)26-23(28)15-31-20-10-8-19(9-11-20)27(32(2,29)30)14-17-5-3-4-6-21(17)25/h3-13H,14-15H2,1-2H3,(H,26,28). The van der Waals surface area contributed by atoms with E-state index in [4.69, 9.17) is 16.3 Å². The van der Waals surface area contributed by atoms with E-state index in [1.165, 1.54) is 12.1 Å². The molecule has 0 saturated heterocycles. The highest BCUT2D eigenvalue weighted by Crippen LogP contribution is 2.25.